The molecule has 0 radical (unpaired) electrons. The van der Waals surface area contributed by atoms with E-state index < -0.39 is 29.2 Å². The molecule has 1 fully saturated rings. The standard InChI is InChI=1S/C24H21N7O7S4/c1-2-5-38-30-15(12-9-40-23(25)26-12)18(34)27-16-20(35)31-17(22(36)37)11(7-39-21(16)31)8-41-24-29-28-19(42-24)10-3-4-13(32)14(33)6-10/h2-4,6,9,16,21,32-33H,1,5,7-8H2,(H2,25,26)(H,27,34)(H,36,37)/b30-15-/t16-,21-/m1/s1. The van der Waals surface area contributed by atoms with Crippen molar-refractivity contribution in [3.05, 3.63) is 53.2 Å². The van der Waals surface area contributed by atoms with Crippen LogP contribution in [0.25, 0.3) is 10.6 Å². The number of aliphatic carboxylic acids is 1. The number of aromatic hydroxyl groups is 2. The fraction of sp³-hybridized carbons (Fsp3) is 0.208. The third-order valence-corrected chi connectivity index (χ3v) is 10.1. The lowest BCUT2D eigenvalue weighted by atomic mass is 10.0. The highest BCUT2D eigenvalue weighted by Gasteiger charge is 2.54. The van der Waals surface area contributed by atoms with Gasteiger partial charge in [-0.3, -0.25) is 14.5 Å². The zero-order valence-corrected chi connectivity index (χ0v) is 24.6. The summed E-state index contributed by atoms with van der Waals surface area (Å²) in [5, 5.41) is 45.5. The molecule has 0 saturated carbocycles. The molecule has 0 unspecified atom stereocenters. The molecule has 6 N–H and O–H groups in total. The monoisotopic (exact) mass is 647 g/mol. The number of carboxylic acids is 1. The molecule has 2 amide bonds. The zero-order valence-electron chi connectivity index (χ0n) is 21.3. The second kappa shape index (κ2) is 12.4. The molecular weight excluding hydrogens is 627 g/mol. The normalized spacial score (nSPS) is 18.3. The summed E-state index contributed by atoms with van der Waals surface area (Å²) in [6, 6.07) is 3.32. The van der Waals surface area contributed by atoms with E-state index in [2.05, 4.69) is 32.2 Å². The Kier molecular flexibility index (Phi) is 8.66. The Labute approximate surface area is 254 Å². The summed E-state index contributed by atoms with van der Waals surface area (Å²) < 4.78 is 0.551. The minimum Gasteiger partial charge on any atom is -0.504 e. The maximum Gasteiger partial charge on any atom is 0.352 e. The van der Waals surface area contributed by atoms with E-state index in [4.69, 9.17) is 10.6 Å². The number of nitrogens with two attached hydrogens (primary N) is 1. The Morgan fingerprint density at radius 3 is 2.81 bits per heavy atom. The number of phenolic OH excluding ortho intramolecular Hbond substituents is 2. The Morgan fingerprint density at radius 2 is 2.12 bits per heavy atom. The maximum absolute atomic E-state index is 13.1. The van der Waals surface area contributed by atoms with Gasteiger partial charge in [0, 0.05) is 22.4 Å². The number of thioether (sulfide) groups is 2. The predicted molar refractivity (Wildman–Crippen MR) is 158 cm³/mol. The van der Waals surface area contributed by atoms with Gasteiger partial charge in [-0.1, -0.05) is 40.9 Å². The number of thiazole rings is 1. The van der Waals surface area contributed by atoms with Crippen LogP contribution in [-0.4, -0.2) is 88.4 Å². The fourth-order valence-electron chi connectivity index (χ4n) is 3.95. The minimum atomic E-state index is -1.26. The van der Waals surface area contributed by atoms with Gasteiger partial charge in [-0.25, -0.2) is 9.78 Å². The lowest BCUT2D eigenvalue weighted by Gasteiger charge is -2.49. The highest BCUT2D eigenvalue weighted by Crippen LogP contribution is 2.42. The number of carbonyl (C=O) groups is 3. The third-order valence-electron chi connectivity index (χ3n) is 5.86. The number of carbonyl (C=O) groups excluding carboxylic acids is 2. The molecule has 18 heteroatoms. The van der Waals surface area contributed by atoms with Gasteiger partial charge >= 0.3 is 5.97 Å². The number of aromatic nitrogens is 3. The lowest BCUT2D eigenvalue weighted by Crippen LogP contribution is -2.71. The Bertz CT molecular complexity index is 1640. The van der Waals surface area contributed by atoms with Crippen molar-refractivity contribution in [3.63, 3.8) is 0 Å². The molecule has 4 heterocycles. The van der Waals surface area contributed by atoms with Crippen LogP contribution in [0.1, 0.15) is 5.69 Å². The Morgan fingerprint density at radius 1 is 1.31 bits per heavy atom. The number of anilines is 1. The van der Waals surface area contributed by atoms with E-state index in [-0.39, 0.29) is 46.1 Å². The largest absolute Gasteiger partial charge is 0.504 e. The quantitative estimate of drug-likeness (QED) is 0.0384. The van der Waals surface area contributed by atoms with Crippen LogP contribution in [0.15, 0.2) is 57.0 Å². The van der Waals surface area contributed by atoms with Crippen LogP contribution in [0.5, 0.6) is 11.5 Å². The van der Waals surface area contributed by atoms with Crippen LogP contribution in [0.3, 0.4) is 0 Å². The van der Waals surface area contributed by atoms with E-state index in [0.717, 1.165) is 11.3 Å². The number of oxime groups is 1. The molecule has 2 aromatic heterocycles. The number of hydrogen-bond acceptors (Lipinski definition) is 15. The third kappa shape index (κ3) is 5.91. The van der Waals surface area contributed by atoms with Crippen LogP contribution in [-0.2, 0) is 19.2 Å². The smallest absolute Gasteiger partial charge is 0.352 e. The molecule has 218 valence electrons. The van der Waals surface area contributed by atoms with Gasteiger partial charge in [-0.05, 0) is 23.8 Å². The first-order valence-electron chi connectivity index (χ1n) is 11.9. The van der Waals surface area contributed by atoms with E-state index in [0.29, 0.717) is 26.2 Å². The summed E-state index contributed by atoms with van der Waals surface area (Å²) >= 11 is 4.93. The summed E-state index contributed by atoms with van der Waals surface area (Å²) in [6.45, 7) is 3.56. The van der Waals surface area contributed by atoms with E-state index in [1.54, 1.807) is 6.07 Å². The summed E-state index contributed by atoms with van der Waals surface area (Å²) in [7, 11) is 0. The van der Waals surface area contributed by atoms with Crippen molar-refractivity contribution in [2.45, 2.75) is 15.8 Å². The van der Waals surface area contributed by atoms with Crippen LogP contribution in [0.4, 0.5) is 5.13 Å². The number of β-lactam (4-membered cyclic amide) rings is 1. The number of hydrogen-bond donors (Lipinski definition) is 5. The van der Waals surface area contributed by atoms with Crippen molar-refractivity contribution >= 4 is 74.8 Å². The van der Waals surface area contributed by atoms with E-state index in [1.807, 2.05) is 0 Å². The van der Waals surface area contributed by atoms with Gasteiger partial charge in [0.15, 0.2) is 26.7 Å². The maximum atomic E-state index is 13.1. The number of phenols is 2. The molecule has 2 aliphatic rings. The zero-order chi connectivity index (χ0) is 30.0. The average molecular weight is 648 g/mol. The molecule has 5 rings (SSSR count). The van der Waals surface area contributed by atoms with Crippen molar-refractivity contribution in [2.75, 3.05) is 23.8 Å². The lowest BCUT2D eigenvalue weighted by molar-refractivity contribution is -0.150. The second-order valence-corrected chi connectivity index (χ2v) is 12.8. The van der Waals surface area contributed by atoms with Gasteiger partial charge in [-0.2, -0.15) is 0 Å². The molecule has 14 nitrogen and oxygen atoms in total. The van der Waals surface area contributed by atoms with E-state index >= 15 is 0 Å². The molecule has 3 aromatic rings. The average Bonchev–Trinajstić information content (AvgIpc) is 3.62. The SMILES string of the molecule is C=CCO/N=C(\C(=O)N[C@@H]1C(=O)N2C(C(=O)O)=C(CSc3nnc(-c4ccc(O)c(O)c4)s3)CS[C@H]12)c1csc(N)n1. The van der Waals surface area contributed by atoms with Crippen molar-refractivity contribution in [1.29, 1.82) is 0 Å². The molecule has 0 spiro atoms. The summed E-state index contributed by atoms with van der Waals surface area (Å²) in [6.07, 6.45) is 1.45. The number of rotatable bonds is 11. The molecule has 42 heavy (non-hydrogen) atoms. The van der Waals surface area contributed by atoms with Crippen molar-refractivity contribution < 1.29 is 34.5 Å². The van der Waals surface area contributed by atoms with Crippen molar-refractivity contribution in [1.82, 2.24) is 25.4 Å². The topological polar surface area (TPSA) is 213 Å². The summed E-state index contributed by atoms with van der Waals surface area (Å²) in [4.78, 5) is 48.7. The highest BCUT2D eigenvalue weighted by molar-refractivity contribution is 8.01. The Hall–Kier alpha value is -4.13. The minimum absolute atomic E-state index is 0.0390. The summed E-state index contributed by atoms with van der Waals surface area (Å²) in [5.41, 5.74) is 6.63. The highest BCUT2D eigenvalue weighted by atomic mass is 32.2. The van der Waals surface area contributed by atoms with Crippen LogP contribution >= 0.6 is 46.2 Å². The number of carboxylic acid groups (broad SMARTS) is 1. The molecule has 1 aromatic carbocycles. The number of amides is 2. The van der Waals surface area contributed by atoms with Gasteiger partial charge in [0.05, 0.1) is 0 Å². The molecule has 1 saturated heterocycles. The fourth-order valence-corrected chi connectivity index (χ4v) is 7.83. The van der Waals surface area contributed by atoms with Gasteiger partial charge in [0.2, 0.25) is 0 Å². The summed E-state index contributed by atoms with van der Waals surface area (Å²) in [5.74, 6) is -2.55. The van der Waals surface area contributed by atoms with Crippen molar-refractivity contribution in [2.24, 2.45) is 5.16 Å². The van der Waals surface area contributed by atoms with Gasteiger partial charge in [0.1, 0.15) is 34.4 Å². The van der Waals surface area contributed by atoms with Gasteiger partial charge in [0.25, 0.3) is 11.8 Å². The first-order valence-corrected chi connectivity index (χ1v) is 15.6. The number of benzene rings is 1. The van der Waals surface area contributed by atoms with Crippen molar-refractivity contribution in [3.8, 4) is 22.1 Å². The van der Waals surface area contributed by atoms with Crippen LogP contribution in [0, 0.1) is 0 Å². The van der Waals surface area contributed by atoms with E-state index in [1.165, 1.54) is 63.3 Å². The van der Waals surface area contributed by atoms with Crippen LogP contribution in [0.2, 0.25) is 0 Å². The van der Waals surface area contributed by atoms with Gasteiger partial charge < -0.3 is 31.2 Å². The van der Waals surface area contributed by atoms with Gasteiger partial charge in [-0.15, -0.1) is 33.3 Å². The number of nitrogens with one attached hydrogen (secondary N) is 1. The number of nitrogen functional groups attached to an aromatic ring is 1. The second-order valence-electron chi connectivity index (χ2n) is 8.58. The molecule has 0 bridgehead atoms. The van der Waals surface area contributed by atoms with Crippen LogP contribution < -0.4 is 11.1 Å². The Balaban J connectivity index is 1.28. The predicted octanol–water partition coefficient (Wildman–Crippen LogP) is 2.09. The molecule has 2 atom stereocenters. The molecule has 0 aliphatic carbocycles. The van der Waals surface area contributed by atoms with E-state index in [9.17, 15) is 29.7 Å². The first-order chi connectivity index (χ1) is 20.2. The number of fused-ring (bicyclic) bond motifs is 1. The number of nitrogens with zero attached hydrogens (tertiary/aromatic N) is 5. The molecular formula is C24H21N7O7S4. The molecule has 2 aliphatic heterocycles. The first kappa shape index (κ1) is 29.4.